The van der Waals surface area contributed by atoms with Crippen molar-refractivity contribution in [3.05, 3.63) is 76.7 Å². The number of pyridine rings is 1. The zero-order valence-corrected chi connectivity index (χ0v) is 12.6. The van der Waals surface area contributed by atoms with Gasteiger partial charge in [0.25, 0.3) is 5.56 Å². The molecule has 0 aliphatic heterocycles. The molecule has 0 aliphatic carbocycles. The summed E-state index contributed by atoms with van der Waals surface area (Å²) in [5.41, 5.74) is 0.154. The fourth-order valence-corrected chi connectivity index (χ4v) is 2.46. The zero-order valence-electron chi connectivity index (χ0n) is 12.6. The molecule has 0 radical (unpaired) electrons. The number of nitrogens with one attached hydrogen (secondary N) is 1. The highest BCUT2D eigenvalue weighted by atomic mass is 16.4. The van der Waals surface area contributed by atoms with E-state index in [1.807, 2.05) is 36.4 Å². The van der Waals surface area contributed by atoms with Crippen molar-refractivity contribution in [1.82, 2.24) is 4.57 Å². The predicted molar refractivity (Wildman–Crippen MR) is 90.2 cm³/mol. The van der Waals surface area contributed by atoms with E-state index < -0.39 is 17.4 Å². The lowest BCUT2D eigenvalue weighted by atomic mass is 10.1. The Kier molecular flexibility index (Phi) is 4.11. The summed E-state index contributed by atoms with van der Waals surface area (Å²) in [5.74, 6) is -1.56. The Morgan fingerprint density at radius 2 is 1.75 bits per heavy atom. The second-order valence-electron chi connectivity index (χ2n) is 5.26. The standard InChI is InChI=1S/C18H14N2O4/c21-16(11-20-10-13(18(23)24)8-9-17(20)22)19-15-7-3-5-12-4-1-2-6-14(12)15/h1-10H,11H2,(H,19,21)(H,23,24). The summed E-state index contributed by atoms with van der Waals surface area (Å²) in [6.07, 6.45) is 1.16. The van der Waals surface area contributed by atoms with Gasteiger partial charge in [-0.3, -0.25) is 9.59 Å². The number of benzene rings is 2. The molecule has 120 valence electrons. The van der Waals surface area contributed by atoms with Crippen molar-refractivity contribution in [2.24, 2.45) is 0 Å². The van der Waals surface area contributed by atoms with Crippen molar-refractivity contribution in [3.8, 4) is 0 Å². The van der Waals surface area contributed by atoms with E-state index in [1.54, 1.807) is 6.07 Å². The van der Waals surface area contributed by atoms with Crippen molar-refractivity contribution >= 4 is 28.3 Å². The van der Waals surface area contributed by atoms with Crippen LogP contribution >= 0.6 is 0 Å². The van der Waals surface area contributed by atoms with Gasteiger partial charge in [0, 0.05) is 23.3 Å². The van der Waals surface area contributed by atoms with Gasteiger partial charge >= 0.3 is 5.97 Å². The van der Waals surface area contributed by atoms with Crippen molar-refractivity contribution in [3.63, 3.8) is 0 Å². The minimum atomic E-state index is -1.15. The third-order valence-electron chi connectivity index (χ3n) is 3.61. The Morgan fingerprint density at radius 3 is 2.54 bits per heavy atom. The molecule has 0 saturated heterocycles. The normalized spacial score (nSPS) is 10.5. The minimum Gasteiger partial charge on any atom is -0.478 e. The van der Waals surface area contributed by atoms with Gasteiger partial charge in [0.1, 0.15) is 6.54 Å². The van der Waals surface area contributed by atoms with E-state index in [0.29, 0.717) is 5.69 Å². The van der Waals surface area contributed by atoms with E-state index in [1.165, 1.54) is 6.07 Å². The summed E-state index contributed by atoms with van der Waals surface area (Å²) in [6.45, 7) is -0.261. The summed E-state index contributed by atoms with van der Waals surface area (Å²) in [6, 6.07) is 15.5. The first-order valence-electron chi connectivity index (χ1n) is 7.26. The maximum atomic E-state index is 12.2. The molecule has 1 amide bonds. The summed E-state index contributed by atoms with van der Waals surface area (Å²) in [4.78, 5) is 35.0. The number of carboxylic acid groups (broad SMARTS) is 1. The molecule has 24 heavy (non-hydrogen) atoms. The first-order valence-corrected chi connectivity index (χ1v) is 7.26. The van der Waals surface area contributed by atoms with Crippen LogP contribution in [-0.4, -0.2) is 21.6 Å². The van der Waals surface area contributed by atoms with Gasteiger partial charge in [0.15, 0.2) is 0 Å². The number of anilines is 1. The van der Waals surface area contributed by atoms with E-state index in [9.17, 15) is 14.4 Å². The van der Waals surface area contributed by atoms with Crippen LogP contribution in [0.5, 0.6) is 0 Å². The number of rotatable bonds is 4. The van der Waals surface area contributed by atoms with Gasteiger partial charge in [-0.2, -0.15) is 0 Å². The van der Waals surface area contributed by atoms with E-state index in [2.05, 4.69) is 5.32 Å². The lowest BCUT2D eigenvalue weighted by molar-refractivity contribution is -0.116. The van der Waals surface area contributed by atoms with E-state index in [0.717, 1.165) is 27.6 Å². The molecule has 6 heteroatoms. The number of amides is 1. The number of aromatic carboxylic acids is 1. The molecule has 0 saturated carbocycles. The molecule has 3 aromatic rings. The highest BCUT2D eigenvalue weighted by molar-refractivity contribution is 6.02. The molecule has 1 heterocycles. The van der Waals surface area contributed by atoms with E-state index in [-0.39, 0.29) is 12.1 Å². The van der Waals surface area contributed by atoms with Crippen LogP contribution in [0.1, 0.15) is 10.4 Å². The molecule has 2 aromatic carbocycles. The number of carboxylic acids is 1. The van der Waals surface area contributed by atoms with Crippen molar-refractivity contribution in [1.29, 1.82) is 0 Å². The largest absolute Gasteiger partial charge is 0.478 e. The average Bonchev–Trinajstić information content (AvgIpc) is 2.57. The van der Waals surface area contributed by atoms with Crippen LogP contribution in [0.3, 0.4) is 0 Å². The molecule has 0 aliphatic rings. The van der Waals surface area contributed by atoms with Crippen LogP contribution in [0.2, 0.25) is 0 Å². The zero-order chi connectivity index (χ0) is 17.1. The highest BCUT2D eigenvalue weighted by Crippen LogP contribution is 2.22. The topological polar surface area (TPSA) is 88.4 Å². The lowest BCUT2D eigenvalue weighted by Gasteiger charge is -2.10. The second kappa shape index (κ2) is 6.37. The molecule has 0 atom stereocenters. The van der Waals surface area contributed by atoms with Crippen molar-refractivity contribution in [2.45, 2.75) is 6.54 Å². The molecule has 3 rings (SSSR count). The fraction of sp³-hybridized carbons (Fsp3) is 0.0556. The van der Waals surface area contributed by atoms with Gasteiger partial charge in [-0.05, 0) is 17.5 Å². The number of carbonyl (C=O) groups excluding carboxylic acids is 1. The van der Waals surface area contributed by atoms with Gasteiger partial charge in [0.05, 0.1) is 5.56 Å². The quantitative estimate of drug-likeness (QED) is 0.771. The summed E-state index contributed by atoms with van der Waals surface area (Å²) in [5, 5.41) is 13.6. The minimum absolute atomic E-state index is 0.0486. The third-order valence-corrected chi connectivity index (χ3v) is 3.61. The van der Waals surface area contributed by atoms with Crippen molar-refractivity contribution in [2.75, 3.05) is 5.32 Å². The average molecular weight is 322 g/mol. The van der Waals surface area contributed by atoms with Crippen LogP contribution in [0.4, 0.5) is 5.69 Å². The van der Waals surface area contributed by atoms with Crippen LogP contribution in [0.25, 0.3) is 10.8 Å². The first kappa shape index (κ1) is 15.5. The Morgan fingerprint density at radius 1 is 1.00 bits per heavy atom. The fourth-order valence-electron chi connectivity index (χ4n) is 2.46. The molecular weight excluding hydrogens is 308 g/mol. The first-order chi connectivity index (χ1) is 11.5. The number of aromatic nitrogens is 1. The maximum absolute atomic E-state index is 12.2. The van der Waals surface area contributed by atoms with Gasteiger partial charge in [-0.15, -0.1) is 0 Å². The molecule has 0 bridgehead atoms. The second-order valence-corrected chi connectivity index (χ2v) is 5.26. The van der Waals surface area contributed by atoms with Crippen LogP contribution in [0, 0.1) is 0 Å². The molecule has 1 aromatic heterocycles. The summed E-state index contributed by atoms with van der Waals surface area (Å²) < 4.78 is 1.07. The molecule has 2 N–H and O–H groups in total. The summed E-state index contributed by atoms with van der Waals surface area (Å²) >= 11 is 0. The van der Waals surface area contributed by atoms with Crippen LogP contribution in [0.15, 0.2) is 65.6 Å². The van der Waals surface area contributed by atoms with Crippen molar-refractivity contribution < 1.29 is 14.7 Å². The predicted octanol–water partition coefficient (Wildman–Crippen LogP) is 2.34. The Hall–Kier alpha value is -3.41. The number of carbonyl (C=O) groups is 2. The molecular formula is C18H14N2O4. The lowest BCUT2D eigenvalue weighted by Crippen LogP contribution is -2.27. The number of hydrogen-bond acceptors (Lipinski definition) is 3. The smallest absolute Gasteiger partial charge is 0.337 e. The third kappa shape index (κ3) is 3.17. The van der Waals surface area contributed by atoms with Gasteiger partial charge in [-0.25, -0.2) is 4.79 Å². The maximum Gasteiger partial charge on any atom is 0.337 e. The number of fused-ring (bicyclic) bond motifs is 1. The van der Waals surface area contributed by atoms with Crippen LogP contribution in [-0.2, 0) is 11.3 Å². The highest BCUT2D eigenvalue weighted by Gasteiger charge is 2.10. The number of hydrogen-bond donors (Lipinski definition) is 2. The SMILES string of the molecule is O=C(Cn1cc(C(=O)O)ccc1=O)Nc1cccc2ccccc12. The molecule has 0 fully saturated rings. The molecule has 6 nitrogen and oxygen atoms in total. The Balaban J connectivity index is 1.84. The monoisotopic (exact) mass is 322 g/mol. The van der Waals surface area contributed by atoms with Gasteiger partial charge < -0.3 is 15.0 Å². The summed E-state index contributed by atoms with van der Waals surface area (Å²) in [7, 11) is 0. The van der Waals surface area contributed by atoms with Crippen LogP contribution < -0.4 is 10.9 Å². The van der Waals surface area contributed by atoms with E-state index in [4.69, 9.17) is 5.11 Å². The Bertz CT molecular complexity index is 986. The molecule has 0 spiro atoms. The Labute approximate surface area is 137 Å². The number of nitrogens with zero attached hydrogens (tertiary/aromatic N) is 1. The molecule has 0 unspecified atom stereocenters. The van der Waals surface area contributed by atoms with E-state index >= 15 is 0 Å². The van der Waals surface area contributed by atoms with Gasteiger partial charge in [0.2, 0.25) is 5.91 Å². The van der Waals surface area contributed by atoms with Gasteiger partial charge in [-0.1, -0.05) is 36.4 Å².